The van der Waals surface area contributed by atoms with Gasteiger partial charge in [-0.3, -0.25) is 0 Å². The van der Waals surface area contributed by atoms with Crippen LogP contribution in [0.3, 0.4) is 0 Å². The lowest BCUT2D eigenvalue weighted by atomic mass is 10.1. The van der Waals surface area contributed by atoms with Crippen LogP contribution in [-0.2, 0) is 6.42 Å². The Morgan fingerprint density at radius 1 is 1.25 bits per heavy atom. The molecular weight excluding hydrogens is 274 g/mol. The van der Waals surface area contributed by atoms with Crippen LogP contribution in [-0.4, -0.2) is 20.2 Å². The summed E-state index contributed by atoms with van der Waals surface area (Å²) in [6, 6.07) is 5.05. The van der Waals surface area contributed by atoms with Crippen LogP contribution in [0.4, 0.5) is 0 Å². The molecule has 0 atom stereocenters. The first-order valence-electron chi connectivity index (χ1n) is 6.15. The van der Waals surface area contributed by atoms with Gasteiger partial charge in [-0.15, -0.1) is 11.3 Å². The van der Waals surface area contributed by atoms with Crippen LogP contribution in [0.25, 0.3) is 11.5 Å². The van der Waals surface area contributed by atoms with Crippen LogP contribution in [0.1, 0.15) is 22.1 Å². The van der Waals surface area contributed by atoms with Crippen LogP contribution in [0.15, 0.2) is 28.1 Å². The highest BCUT2D eigenvalue weighted by Crippen LogP contribution is 2.25. The Bertz CT molecular complexity index is 748. The molecule has 0 aliphatic heterocycles. The van der Waals surface area contributed by atoms with E-state index in [1.807, 2.05) is 19.2 Å². The predicted molar refractivity (Wildman–Crippen MR) is 75.8 cm³/mol. The van der Waals surface area contributed by atoms with E-state index in [0.717, 1.165) is 21.8 Å². The number of phenols is 1. The number of benzene rings is 1. The third-order valence-electron chi connectivity index (χ3n) is 2.88. The zero-order valence-electron chi connectivity index (χ0n) is 11.1. The second-order valence-electron chi connectivity index (χ2n) is 4.57. The molecule has 6 heteroatoms. The Balaban J connectivity index is 1.86. The van der Waals surface area contributed by atoms with E-state index >= 15 is 0 Å². The average Bonchev–Trinajstić information content (AvgIpc) is 2.99. The molecule has 0 spiro atoms. The quantitative estimate of drug-likeness (QED) is 0.801. The van der Waals surface area contributed by atoms with E-state index in [1.165, 1.54) is 0 Å². The molecule has 0 bridgehead atoms. The molecule has 5 nitrogen and oxygen atoms in total. The first-order valence-corrected chi connectivity index (χ1v) is 7.03. The van der Waals surface area contributed by atoms with Gasteiger partial charge in [0.05, 0.1) is 6.42 Å². The molecule has 3 rings (SSSR count). The summed E-state index contributed by atoms with van der Waals surface area (Å²) in [4.78, 5) is 8.76. The maximum Gasteiger partial charge on any atom is 0.258 e. The molecule has 1 N–H and O–H groups in total. The first-order chi connectivity index (χ1) is 9.61. The summed E-state index contributed by atoms with van der Waals surface area (Å²) in [6.07, 6.45) is 0.569. The molecule has 0 saturated carbocycles. The van der Waals surface area contributed by atoms with Crippen molar-refractivity contribution in [1.82, 2.24) is 15.1 Å². The van der Waals surface area contributed by atoms with Crippen molar-refractivity contribution in [2.75, 3.05) is 0 Å². The van der Waals surface area contributed by atoms with Crippen molar-refractivity contribution in [2.45, 2.75) is 20.3 Å². The highest BCUT2D eigenvalue weighted by molar-refractivity contribution is 7.09. The third kappa shape index (κ3) is 2.55. The summed E-state index contributed by atoms with van der Waals surface area (Å²) in [5.74, 6) is 1.30. The highest BCUT2D eigenvalue weighted by Gasteiger charge is 2.13. The first kappa shape index (κ1) is 12.8. The molecule has 0 saturated heterocycles. The summed E-state index contributed by atoms with van der Waals surface area (Å²) < 4.78 is 5.28. The van der Waals surface area contributed by atoms with Gasteiger partial charge in [-0.1, -0.05) is 5.16 Å². The maximum atomic E-state index is 9.41. The Kier molecular flexibility index (Phi) is 3.23. The number of rotatable bonds is 3. The summed E-state index contributed by atoms with van der Waals surface area (Å²) in [7, 11) is 0. The van der Waals surface area contributed by atoms with Gasteiger partial charge in [0, 0.05) is 16.6 Å². The second kappa shape index (κ2) is 5.05. The van der Waals surface area contributed by atoms with Crippen molar-refractivity contribution >= 4 is 11.3 Å². The molecular formula is C14H13N3O2S. The van der Waals surface area contributed by atoms with Gasteiger partial charge < -0.3 is 9.63 Å². The molecule has 1 aromatic carbocycles. The van der Waals surface area contributed by atoms with Crippen LogP contribution >= 0.6 is 11.3 Å². The number of hydrogen-bond donors (Lipinski definition) is 1. The molecule has 2 heterocycles. The molecule has 3 aromatic rings. The Hall–Kier alpha value is -2.21. The van der Waals surface area contributed by atoms with Crippen molar-refractivity contribution in [1.29, 1.82) is 0 Å². The van der Waals surface area contributed by atoms with Gasteiger partial charge in [0.1, 0.15) is 10.8 Å². The number of phenolic OH excluding ortho intramolecular Hbond substituents is 1. The van der Waals surface area contributed by atoms with Gasteiger partial charge >= 0.3 is 0 Å². The number of aromatic nitrogens is 3. The van der Waals surface area contributed by atoms with E-state index in [0.29, 0.717) is 18.1 Å². The Morgan fingerprint density at radius 3 is 2.80 bits per heavy atom. The largest absolute Gasteiger partial charge is 0.508 e. The number of thiazole rings is 1. The van der Waals surface area contributed by atoms with Crippen molar-refractivity contribution in [2.24, 2.45) is 0 Å². The van der Waals surface area contributed by atoms with E-state index in [-0.39, 0.29) is 5.75 Å². The number of aromatic hydroxyl groups is 1. The lowest BCUT2D eigenvalue weighted by Crippen LogP contribution is -1.90. The maximum absolute atomic E-state index is 9.41. The molecule has 0 aliphatic carbocycles. The standard InChI is InChI=1S/C14H13N3O2S/c1-8-5-10(18)3-4-11(8)14-16-12(17-19-14)6-13-15-9(2)7-20-13/h3-5,7,18H,6H2,1-2H3. The fourth-order valence-corrected chi connectivity index (χ4v) is 2.71. The van der Waals surface area contributed by atoms with Crippen LogP contribution in [0.5, 0.6) is 5.75 Å². The molecule has 0 amide bonds. The molecule has 2 aromatic heterocycles. The van der Waals surface area contributed by atoms with Gasteiger partial charge in [-0.2, -0.15) is 4.98 Å². The van der Waals surface area contributed by atoms with E-state index in [1.54, 1.807) is 29.5 Å². The SMILES string of the molecule is Cc1csc(Cc2noc(-c3ccc(O)cc3C)n2)n1. The summed E-state index contributed by atoms with van der Waals surface area (Å²) >= 11 is 1.59. The van der Waals surface area contributed by atoms with Crippen LogP contribution in [0, 0.1) is 13.8 Å². The van der Waals surface area contributed by atoms with Gasteiger partial charge in [0.25, 0.3) is 5.89 Å². The summed E-state index contributed by atoms with van der Waals surface area (Å²) in [5, 5.41) is 16.4. The molecule has 102 valence electrons. The van der Waals surface area contributed by atoms with E-state index in [9.17, 15) is 5.11 Å². The third-order valence-corrected chi connectivity index (χ3v) is 3.85. The van der Waals surface area contributed by atoms with Gasteiger partial charge in [0.15, 0.2) is 5.82 Å². The number of nitrogens with zero attached hydrogens (tertiary/aromatic N) is 3. The van der Waals surface area contributed by atoms with E-state index in [4.69, 9.17) is 4.52 Å². The summed E-state index contributed by atoms with van der Waals surface area (Å²) in [5.41, 5.74) is 2.73. The zero-order chi connectivity index (χ0) is 14.1. The second-order valence-corrected chi connectivity index (χ2v) is 5.52. The molecule has 0 unspecified atom stereocenters. The molecule has 0 radical (unpaired) electrons. The van der Waals surface area contributed by atoms with Crippen molar-refractivity contribution in [3.63, 3.8) is 0 Å². The van der Waals surface area contributed by atoms with E-state index < -0.39 is 0 Å². The average molecular weight is 287 g/mol. The molecule has 20 heavy (non-hydrogen) atoms. The predicted octanol–water partition coefficient (Wildman–Crippen LogP) is 3.11. The fraction of sp³-hybridized carbons (Fsp3) is 0.214. The number of hydrogen-bond acceptors (Lipinski definition) is 6. The molecule has 0 fully saturated rings. The number of aryl methyl sites for hydroxylation is 2. The van der Waals surface area contributed by atoms with Crippen molar-refractivity contribution in [3.05, 3.63) is 45.7 Å². The highest BCUT2D eigenvalue weighted by atomic mass is 32.1. The lowest BCUT2D eigenvalue weighted by Gasteiger charge is -2.00. The topological polar surface area (TPSA) is 72.0 Å². The zero-order valence-corrected chi connectivity index (χ0v) is 11.9. The minimum absolute atomic E-state index is 0.226. The van der Waals surface area contributed by atoms with Gasteiger partial charge in [0.2, 0.25) is 0 Å². The normalized spacial score (nSPS) is 10.9. The van der Waals surface area contributed by atoms with Crippen molar-refractivity contribution < 1.29 is 9.63 Å². The Labute approximate surface area is 119 Å². The van der Waals surface area contributed by atoms with Crippen LogP contribution in [0.2, 0.25) is 0 Å². The fourth-order valence-electron chi connectivity index (χ4n) is 1.94. The van der Waals surface area contributed by atoms with Gasteiger partial charge in [-0.25, -0.2) is 4.98 Å². The molecule has 0 aliphatic rings. The van der Waals surface area contributed by atoms with Gasteiger partial charge in [-0.05, 0) is 37.6 Å². The van der Waals surface area contributed by atoms with E-state index in [2.05, 4.69) is 15.1 Å². The summed E-state index contributed by atoms with van der Waals surface area (Å²) in [6.45, 7) is 3.85. The minimum atomic E-state index is 0.226. The minimum Gasteiger partial charge on any atom is -0.508 e. The van der Waals surface area contributed by atoms with Crippen molar-refractivity contribution in [3.8, 4) is 17.2 Å². The van der Waals surface area contributed by atoms with Crippen LogP contribution < -0.4 is 0 Å². The smallest absolute Gasteiger partial charge is 0.258 e. The monoisotopic (exact) mass is 287 g/mol. The Morgan fingerprint density at radius 2 is 2.10 bits per heavy atom. The lowest BCUT2D eigenvalue weighted by molar-refractivity contribution is 0.423.